The minimum Gasteiger partial charge on any atom is -0.313 e. The van der Waals surface area contributed by atoms with E-state index in [2.05, 4.69) is 43.3 Å². The van der Waals surface area contributed by atoms with E-state index in [1.807, 2.05) is 13.1 Å². The fraction of sp³-hybridized carbons (Fsp3) is 0.688. The van der Waals surface area contributed by atoms with Gasteiger partial charge in [-0.15, -0.1) is 0 Å². The highest BCUT2D eigenvalue weighted by atomic mass is 14.9. The highest BCUT2D eigenvalue weighted by molar-refractivity contribution is 5.18. The molecule has 18 heavy (non-hydrogen) atoms. The van der Waals surface area contributed by atoms with Gasteiger partial charge in [0, 0.05) is 17.9 Å². The second kappa shape index (κ2) is 5.40. The molecule has 100 valence electrons. The molecular formula is C16H26N2. The largest absolute Gasteiger partial charge is 0.313 e. The molecule has 1 aromatic heterocycles. The molecule has 0 spiro atoms. The van der Waals surface area contributed by atoms with Crippen LogP contribution in [0.5, 0.6) is 0 Å². The van der Waals surface area contributed by atoms with Crippen molar-refractivity contribution in [3.63, 3.8) is 0 Å². The van der Waals surface area contributed by atoms with Crippen LogP contribution in [0.1, 0.15) is 56.8 Å². The van der Waals surface area contributed by atoms with Crippen molar-refractivity contribution in [2.24, 2.45) is 11.3 Å². The van der Waals surface area contributed by atoms with Gasteiger partial charge in [-0.1, -0.05) is 19.9 Å². The van der Waals surface area contributed by atoms with Gasteiger partial charge in [0.1, 0.15) is 0 Å². The van der Waals surface area contributed by atoms with Crippen molar-refractivity contribution >= 4 is 0 Å². The third-order valence-electron chi connectivity index (χ3n) is 4.46. The molecule has 1 fully saturated rings. The number of pyridine rings is 1. The van der Waals surface area contributed by atoms with E-state index in [0.717, 1.165) is 11.6 Å². The minimum absolute atomic E-state index is 0.467. The molecule has 1 N–H and O–H groups in total. The number of nitrogens with zero attached hydrogens (tertiary/aromatic N) is 1. The SMILES string of the molecule is CNC(c1ccc(C)nc1)C1CCC(C)(C)CC1. The van der Waals surface area contributed by atoms with Crippen LogP contribution in [0.4, 0.5) is 0 Å². The maximum atomic E-state index is 4.43. The predicted octanol–water partition coefficient (Wildman–Crippen LogP) is 3.87. The summed E-state index contributed by atoms with van der Waals surface area (Å²) in [5, 5.41) is 3.49. The molecule has 1 unspecified atom stereocenters. The van der Waals surface area contributed by atoms with Gasteiger partial charge in [0.15, 0.2) is 0 Å². The molecule has 0 amide bonds. The zero-order chi connectivity index (χ0) is 13.2. The highest BCUT2D eigenvalue weighted by Gasteiger charge is 2.31. The van der Waals surface area contributed by atoms with Crippen molar-refractivity contribution < 1.29 is 0 Å². The number of hydrogen-bond acceptors (Lipinski definition) is 2. The first kappa shape index (κ1) is 13.5. The zero-order valence-corrected chi connectivity index (χ0v) is 12.2. The molecule has 1 aliphatic carbocycles. The normalized spacial score (nSPS) is 21.8. The highest BCUT2D eigenvalue weighted by Crippen LogP contribution is 2.42. The molecule has 2 rings (SSSR count). The van der Waals surface area contributed by atoms with Crippen LogP contribution in [0.25, 0.3) is 0 Å². The molecule has 1 saturated carbocycles. The Labute approximate surface area is 111 Å². The van der Waals surface area contributed by atoms with Gasteiger partial charge in [-0.25, -0.2) is 0 Å². The number of rotatable bonds is 3. The van der Waals surface area contributed by atoms with Crippen molar-refractivity contribution in [3.8, 4) is 0 Å². The van der Waals surface area contributed by atoms with Crippen molar-refractivity contribution in [2.75, 3.05) is 7.05 Å². The summed E-state index contributed by atoms with van der Waals surface area (Å²) < 4.78 is 0. The van der Waals surface area contributed by atoms with Crippen LogP contribution in [0.3, 0.4) is 0 Å². The van der Waals surface area contributed by atoms with Gasteiger partial charge < -0.3 is 5.32 Å². The molecular weight excluding hydrogens is 220 g/mol. The van der Waals surface area contributed by atoms with E-state index in [0.29, 0.717) is 11.5 Å². The smallest absolute Gasteiger partial charge is 0.0372 e. The summed E-state index contributed by atoms with van der Waals surface area (Å²) in [6, 6.07) is 4.81. The Morgan fingerprint density at radius 3 is 2.44 bits per heavy atom. The summed E-state index contributed by atoms with van der Waals surface area (Å²) in [5.74, 6) is 0.757. The van der Waals surface area contributed by atoms with Gasteiger partial charge in [-0.3, -0.25) is 4.98 Å². The van der Waals surface area contributed by atoms with Gasteiger partial charge in [-0.2, -0.15) is 0 Å². The first-order chi connectivity index (χ1) is 8.52. The van der Waals surface area contributed by atoms with E-state index < -0.39 is 0 Å². The quantitative estimate of drug-likeness (QED) is 0.876. The Kier molecular flexibility index (Phi) is 4.06. The Hall–Kier alpha value is -0.890. The van der Waals surface area contributed by atoms with E-state index in [4.69, 9.17) is 0 Å². The fourth-order valence-corrected chi connectivity index (χ4v) is 3.09. The van der Waals surface area contributed by atoms with Crippen molar-refractivity contribution in [3.05, 3.63) is 29.6 Å². The van der Waals surface area contributed by atoms with Gasteiger partial charge in [-0.05, 0) is 62.6 Å². The van der Waals surface area contributed by atoms with E-state index in [1.54, 1.807) is 0 Å². The molecule has 0 aromatic carbocycles. The molecule has 1 heterocycles. The topological polar surface area (TPSA) is 24.9 Å². The second-order valence-corrected chi connectivity index (χ2v) is 6.50. The molecule has 0 aliphatic heterocycles. The fourth-order valence-electron chi connectivity index (χ4n) is 3.09. The molecule has 1 aliphatic rings. The summed E-state index contributed by atoms with van der Waals surface area (Å²) in [6.07, 6.45) is 7.37. The van der Waals surface area contributed by atoms with Crippen LogP contribution in [0.15, 0.2) is 18.3 Å². The third-order valence-corrected chi connectivity index (χ3v) is 4.46. The van der Waals surface area contributed by atoms with Crippen LogP contribution in [0, 0.1) is 18.3 Å². The summed E-state index contributed by atoms with van der Waals surface area (Å²) in [5.41, 5.74) is 2.98. The Bertz CT molecular complexity index is 371. The number of aromatic nitrogens is 1. The summed E-state index contributed by atoms with van der Waals surface area (Å²) >= 11 is 0. The van der Waals surface area contributed by atoms with Crippen LogP contribution < -0.4 is 5.32 Å². The average Bonchev–Trinajstić information content (AvgIpc) is 2.34. The van der Waals surface area contributed by atoms with Gasteiger partial charge in [0.2, 0.25) is 0 Å². The third kappa shape index (κ3) is 3.11. The zero-order valence-electron chi connectivity index (χ0n) is 12.2. The van der Waals surface area contributed by atoms with Crippen LogP contribution in [-0.4, -0.2) is 12.0 Å². The van der Waals surface area contributed by atoms with Crippen LogP contribution in [-0.2, 0) is 0 Å². The van der Waals surface area contributed by atoms with Crippen molar-refractivity contribution in [1.29, 1.82) is 0 Å². The Morgan fingerprint density at radius 1 is 1.28 bits per heavy atom. The van der Waals surface area contributed by atoms with Crippen molar-refractivity contribution in [2.45, 2.75) is 52.5 Å². The maximum Gasteiger partial charge on any atom is 0.0372 e. The van der Waals surface area contributed by atoms with Gasteiger partial charge in [0.05, 0.1) is 0 Å². The summed E-state index contributed by atoms with van der Waals surface area (Å²) in [6.45, 7) is 6.83. The predicted molar refractivity (Wildman–Crippen MR) is 76.5 cm³/mol. The number of nitrogens with one attached hydrogen (secondary N) is 1. The second-order valence-electron chi connectivity index (χ2n) is 6.50. The molecule has 0 radical (unpaired) electrons. The average molecular weight is 246 g/mol. The van der Waals surface area contributed by atoms with Crippen LogP contribution in [0.2, 0.25) is 0 Å². The summed E-state index contributed by atoms with van der Waals surface area (Å²) in [4.78, 5) is 4.43. The standard InChI is InChI=1S/C16H26N2/c1-12-5-6-14(11-18-12)15(17-4)13-7-9-16(2,3)10-8-13/h5-6,11,13,15,17H,7-10H2,1-4H3. The maximum absolute atomic E-state index is 4.43. The number of hydrogen-bond donors (Lipinski definition) is 1. The van der Waals surface area contributed by atoms with Gasteiger partial charge in [0.25, 0.3) is 0 Å². The Balaban J connectivity index is 2.08. The Morgan fingerprint density at radius 2 is 1.94 bits per heavy atom. The lowest BCUT2D eigenvalue weighted by Gasteiger charge is -2.38. The molecule has 2 nitrogen and oxygen atoms in total. The molecule has 0 bridgehead atoms. The van der Waals surface area contributed by atoms with Crippen molar-refractivity contribution in [1.82, 2.24) is 10.3 Å². The first-order valence-electron chi connectivity index (χ1n) is 7.12. The van der Waals surface area contributed by atoms with Gasteiger partial charge >= 0.3 is 0 Å². The van der Waals surface area contributed by atoms with Crippen LogP contribution >= 0.6 is 0 Å². The molecule has 1 atom stereocenters. The van der Waals surface area contributed by atoms with E-state index in [-0.39, 0.29) is 0 Å². The molecule has 0 saturated heterocycles. The lowest BCUT2D eigenvalue weighted by atomic mass is 9.70. The molecule has 2 heteroatoms. The van der Waals surface area contributed by atoms with E-state index >= 15 is 0 Å². The molecule has 1 aromatic rings. The minimum atomic E-state index is 0.467. The first-order valence-corrected chi connectivity index (χ1v) is 7.12. The monoisotopic (exact) mass is 246 g/mol. The van der Waals surface area contributed by atoms with E-state index in [1.165, 1.54) is 31.2 Å². The number of aryl methyl sites for hydroxylation is 1. The lowest BCUT2D eigenvalue weighted by molar-refractivity contribution is 0.164. The lowest BCUT2D eigenvalue weighted by Crippen LogP contribution is -2.31. The summed E-state index contributed by atoms with van der Waals surface area (Å²) in [7, 11) is 2.07. The van der Waals surface area contributed by atoms with E-state index in [9.17, 15) is 0 Å².